The zero-order valence-electron chi connectivity index (χ0n) is 8.98. The first-order chi connectivity index (χ1) is 6.12. The minimum absolute atomic E-state index is 0.945. The van der Waals surface area contributed by atoms with Gasteiger partial charge >= 0.3 is 0 Å². The lowest BCUT2D eigenvalue weighted by atomic mass is 10.2. The van der Waals surface area contributed by atoms with Crippen LogP contribution in [0.4, 0.5) is 0 Å². The lowest BCUT2D eigenvalue weighted by molar-refractivity contribution is 0.302. The molecular formula is C10H21IOSi. The van der Waals surface area contributed by atoms with Crippen LogP contribution in [0.1, 0.15) is 32.6 Å². The maximum atomic E-state index is 5.86. The van der Waals surface area contributed by atoms with Gasteiger partial charge in [0, 0.05) is 6.61 Å². The van der Waals surface area contributed by atoms with E-state index < -0.39 is 8.32 Å². The van der Waals surface area contributed by atoms with Gasteiger partial charge in [-0.15, -0.1) is 0 Å². The molecule has 0 unspecified atom stereocenters. The average molecular weight is 312 g/mol. The fraction of sp³-hybridized carbons (Fsp3) is 0.800. The van der Waals surface area contributed by atoms with Gasteiger partial charge in [0.15, 0.2) is 0 Å². The van der Waals surface area contributed by atoms with E-state index in [1.807, 2.05) is 0 Å². The highest BCUT2D eigenvalue weighted by molar-refractivity contribution is 14.1. The van der Waals surface area contributed by atoms with Crippen LogP contribution in [0.15, 0.2) is 9.78 Å². The summed E-state index contributed by atoms with van der Waals surface area (Å²) in [5.74, 6) is 0. The van der Waals surface area contributed by atoms with Crippen LogP contribution in [-0.2, 0) is 4.43 Å². The van der Waals surface area contributed by atoms with Crippen molar-refractivity contribution in [2.45, 2.75) is 45.7 Å². The van der Waals surface area contributed by atoms with Crippen molar-refractivity contribution >= 4 is 30.9 Å². The van der Waals surface area contributed by atoms with E-state index in [0.717, 1.165) is 6.61 Å². The Kier molecular flexibility index (Phi) is 8.39. The van der Waals surface area contributed by atoms with Crippen molar-refractivity contribution in [1.82, 2.24) is 0 Å². The van der Waals surface area contributed by atoms with Gasteiger partial charge in [0.25, 0.3) is 0 Å². The zero-order chi connectivity index (χ0) is 10.2. The van der Waals surface area contributed by atoms with Crippen molar-refractivity contribution in [2.24, 2.45) is 0 Å². The summed E-state index contributed by atoms with van der Waals surface area (Å²) in [5.41, 5.74) is 2.23. The highest BCUT2D eigenvalue weighted by atomic mass is 127. The first-order valence-electron chi connectivity index (χ1n) is 5.04. The second-order valence-electron chi connectivity index (χ2n) is 3.81. The van der Waals surface area contributed by atoms with E-state index in [2.05, 4.69) is 52.4 Å². The molecule has 0 saturated heterocycles. The largest absolute Gasteiger partial charge is 0.413 e. The van der Waals surface area contributed by atoms with Gasteiger partial charge in [0.2, 0.25) is 8.32 Å². The third-order valence-corrected chi connectivity index (χ3v) is 4.89. The number of hydrogen-bond donors (Lipinski definition) is 0. The number of rotatable bonds is 7. The van der Waals surface area contributed by atoms with Crippen LogP contribution >= 0.6 is 22.6 Å². The van der Waals surface area contributed by atoms with Crippen LogP contribution in [0.25, 0.3) is 0 Å². The summed E-state index contributed by atoms with van der Waals surface area (Å²) in [4.78, 5) is 0. The average Bonchev–Trinajstić information content (AvgIpc) is 2.04. The fourth-order valence-electron chi connectivity index (χ4n) is 1.06. The minimum atomic E-state index is -1.45. The van der Waals surface area contributed by atoms with Crippen LogP contribution in [-0.4, -0.2) is 14.9 Å². The highest BCUT2D eigenvalue weighted by Gasteiger charge is 2.17. The van der Waals surface area contributed by atoms with Crippen molar-refractivity contribution in [3.8, 4) is 0 Å². The zero-order valence-corrected chi connectivity index (χ0v) is 12.1. The monoisotopic (exact) mass is 312 g/mol. The van der Waals surface area contributed by atoms with E-state index in [1.165, 1.54) is 25.7 Å². The van der Waals surface area contributed by atoms with Gasteiger partial charge < -0.3 is 4.43 Å². The molecule has 0 bridgehead atoms. The molecule has 1 nitrogen and oxygen atoms in total. The standard InChI is InChI=1S/C10H21IOSi/c1-4-5-6-7-9-12-13(2,3)10-8-11/h8,10H,4-7,9H2,1-3H3. The van der Waals surface area contributed by atoms with Crippen molar-refractivity contribution in [1.29, 1.82) is 0 Å². The van der Waals surface area contributed by atoms with Crippen LogP contribution in [0.5, 0.6) is 0 Å². The highest BCUT2D eigenvalue weighted by Crippen LogP contribution is 2.09. The normalized spacial score (nSPS) is 12.6. The van der Waals surface area contributed by atoms with Crippen molar-refractivity contribution < 1.29 is 4.43 Å². The van der Waals surface area contributed by atoms with Crippen LogP contribution in [0.2, 0.25) is 13.1 Å². The van der Waals surface area contributed by atoms with Gasteiger partial charge in [0.1, 0.15) is 0 Å². The molecule has 0 aliphatic heterocycles. The van der Waals surface area contributed by atoms with E-state index in [0.29, 0.717) is 0 Å². The number of hydrogen-bond acceptors (Lipinski definition) is 1. The van der Waals surface area contributed by atoms with E-state index >= 15 is 0 Å². The van der Waals surface area contributed by atoms with Gasteiger partial charge in [-0.1, -0.05) is 54.5 Å². The summed E-state index contributed by atoms with van der Waals surface area (Å²) in [5, 5.41) is 0. The molecule has 0 fully saturated rings. The predicted molar refractivity (Wildman–Crippen MR) is 70.7 cm³/mol. The van der Waals surface area contributed by atoms with Gasteiger partial charge in [0.05, 0.1) is 0 Å². The number of unbranched alkanes of at least 4 members (excludes halogenated alkanes) is 3. The van der Waals surface area contributed by atoms with Crippen molar-refractivity contribution in [3.63, 3.8) is 0 Å². The van der Waals surface area contributed by atoms with Gasteiger partial charge in [-0.25, -0.2) is 0 Å². The summed E-state index contributed by atoms with van der Waals surface area (Å²) in [7, 11) is -1.45. The lowest BCUT2D eigenvalue weighted by Crippen LogP contribution is -2.28. The summed E-state index contributed by atoms with van der Waals surface area (Å²) in [6.45, 7) is 7.66. The molecule has 0 heterocycles. The molecule has 0 aliphatic carbocycles. The molecule has 13 heavy (non-hydrogen) atoms. The quantitative estimate of drug-likeness (QED) is 0.387. The molecule has 0 saturated carbocycles. The second-order valence-corrected chi connectivity index (χ2v) is 8.35. The Morgan fingerprint density at radius 3 is 2.46 bits per heavy atom. The first-order valence-corrected chi connectivity index (χ1v) is 9.27. The van der Waals surface area contributed by atoms with Crippen LogP contribution in [0, 0.1) is 0 Å². The third-order valence-electron chi connectivity index (χ3n) is 1.94. The Balaban J connectivity index is 3.40. The summed E-state index contributed by atoms with van der Waals surface area (Å²) in [6.07, 6.45) is 5.18. The summed E-state index contributed by atoms with van der Waals surface area (Å²) >= 11 is 2.26. The fourth-order valence-corrected chi connectivity index (χ4v) is 4.73. The molecule has 0 aliphatic rings. The van der Waals surface area contributed by atoms with E-state index in [-0.39, 0.29) is 0 Å². The molecule has 0 N–H and O–H groups in total. The molecule has 0 radical (unpaired) electrons. The smallest absolute Gasteiger partial charge is 0.211 e. The van der Waals surface area contributed by atoms with Gasteiger partial charge in [-0.3, -0.25) is 0 Å². The summed E-state index contributed by atoms with van der Waals surface area (Å²) in [6, 6.07) is 0. The summed E-state index contributed by atoms with van der Waals surface area (Å²) < 4.78 is 7.94. The van der Waals surface area contributed by atoms with Gasteiger partial charge in [-0.05, 0) is 23.6 Å². The van der Waals surface area contributed by atoms with Crippen molar-refractivity contribution in [2.75, 3.05) is 6.61 Å². The molecule has 0 amide bonds. The molecule has 0 atom stereocenters. The molecular weight excluding hydrogens is 291 g/mol. The van der Waals surface area contributed by atoms with Crippen LogP contribution in [0.3, 0.4) is 0 Å². The Morgan fingerprint density at radius 2 is 1.92 bits per heavy atom. The Bertz CT molecular complexity index is 146. The van der Waals surface area contributed by atoms with Crippen molar-refractivity contribution in [3.05, 3.63) is 9.78 Å². The molecule has 0 rings (SSSR count). The molecule has 3 heteroatoms. The maximum absolute atomic E-state index is 5.86. The molecule has 0 aromatic heterocycles. The van der Waals surface area contributed by atoms with E-state index in [9.17, 15) is 0 Å². The first kappa shape index (κ1) is 13.6. The van der Waals surface area contributed by atoms with E-state index in [4.69, 9.17) is 4.43 Å². The molecule has 0 aromatic carbocycles. The molecule has 0 spiro atoms. The molecule has 0 aromatic rings. The predicted octanol–water partition coefficient (Wildman–Crippen LogP) is 4.28. The SMILES string of the molecule is CCCCCCO[Si](C)(C)C=CI. The third kappa shape index (κ3) is 8.96. The second kappa shape index (κ2) is 8.00. The Morgan fingerprint density at radius 1 is 1.23 bits per heavy atom. The lowest BCUT2D eigenvalue weighted by Gasteiger charge is -2.18. The Hall–Kier alpha value is 0.647. The topological polar surface area (TPSA) is 9.23 Å². The minimum Gasteiger partial charge on any atom is -0.413 e. The van der Waals surface area contributed by atoms with E-state index in [1.54, 1.807) is 0 Å². The van der Waals surface area contributed by atoms with Gasteiger partial charge in [-0.2, -0.15) is 0 Å². The molecule has 78 valence electrons. The van der Waals surface area contributed by atoms with Crippen LogP contribution < -0.4 is 0 Å². The Labute approximate surface area is 97.2 Å². The number of halogens is 1. The maximum Gasteiger partial charge on any atom is 0.211 e.